The van der Waals surface area contributed by atoms with E-state index in [2.05, 4.69) is 5.32 Å². The predicted molar refractivity (Wildman–Crippen MR) is 168 cm³/mol. The molecule has 0 saturated carbocycles. The molecule has 1 aliphatic heterocycles. The van der Waals surface area contributed by atoms with Crippen molar-refractivity contribution in [3.8, 4) is 28.4 Å². The average molecular weight is 612 g/mol. The fourth-order valence-electron chi connectivity index (χ4n) is 4.45. The van der Waals surface area contributed by atoms with Gasteiger partial charge < -0.3 is 4.74 Å². The molecule has 0 unspecified atom stereocenters. The molecule has 1 saturated heterocycles. The lowest BCUT2D eigenvalue weighted by Gasteiger charge is -2.29. The Bertz CT molecular complexity index is 1860. The molecule has 10 heteroatoms. The lowest BCUT2D eigenvalue weighted by molar-refractivity contribution is -0.122. The summed E-state index contributed by atoms with van der Waals surface area (Å²) in [5.74, 6) is -0.0211. The summed E-state index contributed by atoms with van der Waals surface area (Å²) in [6.45, 7) is 0. The van der Waals surface area contributed by atoms with E-state index >= 15 is 0 Å². The largest absolute Gasteiger partial charge is 0.457 e. The van der Waals surface area contributed by atoms with Gasteiger partial charge in [-0.25, -0.2) is 4.68 Å². The first-order chi connectivity index (χ1) is 20.4. The summed E-state index contributed by atoms with van der Waals surface area (Å²) in [6, 6.07) is 32.5. The Morgan fingerprint density at radius 2 is 1.38 bits per heavy atom. The molecule has 1 N–H and O–H groups in total. The number of ether oxygens (including phenoxy) is 1. The number of halogens is 2. The molecule has 5 aromatic rings. The van der Waals surface area contributed by atoms with Gasteiger partial charge in [0.1, 0.15) is 27.9 Å². The van der Waals surface area contributed by atoms with Gasteiger partial charge in [-0.1, -0.05) is 77.8 Å². The van der Waals surface area contributed by atoms with Gasteiger partial charge in [-0.15, -0.1) is 0 Å². The van der Waals surface area contributed by atoms with Crippen molar-refractivity contribution < 1.29 is 14.3 Å². The molecule has 1 aromatic heterocycles. The van der Waals surface area contributed by atoms with Crippen LogP contribution >= 0.6 is 35.4 Å². The first-order valence-electron chi connectivity index (χ1n) is 12.7. The van der Waals surface area contributed by atoms with E-state index < -0.39 is 11.8 Å². The molecule has 0 aliphatic carbocycles. The minimum atomic E-state index is -0.654. The lowest BCUT2D eigenvalue weighted by atomic mass is 10.0. The third-order valence-corrected chi connectivity index (χ3v) is 7.44. The lowest BCUT2D eigenvalue weighted by Crippen LogP contribution is -2.54. The Morgan fingerprint density at radius 3 is 2.07 bits per heavy atom. The number of rotatable bonds is 6. The fraction of sp³-hybridized carbons (Fsp3) is 0. The zero-order valence-corrected chi connectivity index (χ0v) is 24.0. The van der Waals surface area contributed by atoms with Crippen LogP contribution in [-0.4, -0.2) is 26.7 Å². The van der Waals surface area contributed by atoms with Gasteiger partial charge in [-0.05, 0) is 72.9 Å². The number of hydrogen-bond donors (Lipinski definition) is 1. The van der Waals surface area contributed by atoms with Crippen LogP contribution in [0.2, 0.25) is 10.2 Å². The number of nitrogens with zero attached hydrogens (tertiary/aromatic N) is 3. The second kappa shape index (κ2) is 11.6. The third kappa shape index (κ3) is 5.31. The number of para-hydroxylation sites is 2. The van der Waals surface area contributed by atoms with Crippen LogP contribution in [0.15, 0.2) is 115 Å². The van der Waals surface area contributed by atoms with Crippen molar-refractivity contribution in [2.75, 3.05) is 4.90 Å². The van der Waals surface area contributed by atoms with Crippen LogP contribution in [0, 0.1) is 0 Å². The Morgan fingerprint density at radius 1 is 0.762 bits per heavy atom. The highest BCUT2D eigenvalue weighted by molar-refractivity contribution is 7.80. The molecular weight excluding hydrogens is 591 g/mol. The molecule has 0 radical (unpaired) electrons. The monoisotopic (exact) mass is 610 g/mol. The van der Waals surface area contributed by atoms with Crippen molar-refractivity contribution >= 4 is 64.1 Å². The maximum Gasteiger partial charge on any atom is 0.270 e. The molecule has 1 aliphatic rings. The second-order valence-corrected chi connectivity index (χ2v) is 10.3. The minimum Gasteiger partial charge on any atom is -0.457 e. The molecule has 4 aromatic carbocycles. The van der Waals surface area contributed by atoms with Crippen molar-refractivity contribution in [1.29, 1.82) is 0 Å². The van der Waals surface area contributed by atoms with Crippen molar-refractivity contribution in [3.63, 3.8) is 0 Å². The maximum absolute atomic E-state index is 13.8. The van der Waals surface area contributed by atoms with E-state index in [1.807, 2.05) is 66.7 Å². The maximum atomic E-state index is 13.8. The van der Waals surface area contributed by atoms with Crippen LogP contribution in [0.3, 0.4) is 0 Å². The number of carbonyl (C=O) groups excluding carboxylic acids is 2. The quantitative estimate of drug-likeness (QED) is 0.123. The van der Waals surface area contributed by atoms with E-state index in [9.17, 15) is 9.59 Å². The van der Waals surface area contributed by atoms with Crippen molar-refractivity contribution in [2.24, 2.45) is 0 Å². The second-order valence-electron chi connectivity index (χ2n) is 9.15. The molecule has 42 heavy (non-hydrogen) atoms. The summed E-state index contributed by atoms with van der Waals surface area (Å²) >= 11 is 18.8. The smallest absolute Gasteiger partial charge is 0.270 e. The molecule has 0 atom stereocenters. The number of carbonyl (C=O) groups is 2. The Kier molecular flexibility index (Phi) is 7.58. The van der Waals surface area contributed by atoms with E-state index in [1.54, 1.807) is 42.5 Å². The number of aromatic nitrogens is 2. The molecule has 2 heterocycles. The van der Waals surface area contributed by atoms with Gasteiger partial charge in [0, 0.05) is 11.1 Å². The number of amides is 2. The Labute approximate surface area is 256 Å². The number of benzene rings is 4. The van der Waals surface area contributed by atoms with Crippen molar-refractivity contribution in [3.05, 3.63) is 131 Å². The zero-order valence-electron chi connectivity index (χ0n) is 21.7. The topological polar surface area (TPSA) is 76.5 Å². The number of thiocarbonyl (C=S) groups is 1. The van der Waals surface area contributed by atoms with E-state index in [1.165, 1.54) is 15.7 Å². The Balaban J connectivity index is 1.40. The summed E-state index contributed by atoms with van der Waals surface area (Å²) in [6.07, 6.45) is 1.42. The van der Waals surface area contributed by atoms with Gasteiger partial charge in [0.05, 0.1) is 16.4 Å². The van der Waals surface area contributed by atoms with Gasteiger partial charge in [0.25, 0.3) is 11.8 Å². The van der Waals surface area contributed by atoms with E-state index in [0.717, 1.165) is 0 Å². The molecule has 0 bridgehead atoms. The van der Waals surface area contributed by atoms with E-state index in [4.69, 9.17) is 45.3 Å². The highest BCUT2D eigenvalue weighted by Crippen LogP contribution is 2.37. The minimum absolute atomic E-state index is 0.0451. The van der Waals surface area contributed by atoms with Crippen LogP contribution < -0.4 is 15.0 Å². The van der Waals surface area contributed by atoms with Gasteiger partial charge >= 0.3 is 0 Å². The highest BCUT2D eigenvalue weighted by Gasteiger charge is 2.35. The van der Waals surface area contributed by atoms with Crippen LogP contribution in [0.4, 0.5) is 5.69 Å². The van der Waals surface area contributed by atoms with Crippen LogP contribution in [0.5, 0.6) is 11.5 Å². The van der Waals surface area contributed by atoms with Gasteiger partial charge in [0.2, 0.25) is 0 Å². The van der Waals surface area contributed by atoms with E-state index in [-0.39, 0.29) is 15.8 Å². The number of hydrogen-bond acceptors (Lipinski definition) is 5. The number of anilines is 1. The van der Waals surface area contributed by atoms with Gasteiger partial charge in [-0.2, -0.15) is 5.10 Å². The highest BCUT2D eigenvalue weighted by atomic mass is 35.5. The summed E-state index contributed by atoms with van der Waals surface area (Å²) in [4.78, 5) is 28.2. The standard InChI is InChI=1S/C32H20Cl2N4O3S/c33-27-14-8-7-13-24(27)28-25(29(34)38(36-28)21-9-3-1-4-10-21)19-26-30(39)35-32(42)37(31(26)40)20-15-17-23(18-16-20)41-22-11-5-2-6-12-22/h1-19H,(H,35,39,42)/b26-19+. The van der Waals surface area contributed by atoms with Crippen molar-refractivity contribution in [1.82, 2.24) is 15.1 Å². The molecule has 1 fully saturated rings. The summed E-state index contributed by atoms with van der Waals surface area (Å²) < 4.78 is 7.39. The van der Waals surface area contributed by atoms with Gasteiger partial charge in [0.15, 0.2) is 5.11 Å². The zero-order chi connectivity index (χ0) is 29.2. The van der Waals surface area contributed by atoms with Crippen LogP contribution in [-0.2, 0) is 9.59 Å². The molecule has 206 valence electrons. The number of nitrogens with one attached hydrogen (secondary N) is 1. The normalized spacial score (nSPS) is 14.3. The van der Waals surface area contributed by atoms with Crippen LogP contribution in [0.1, 0.15) is 5.56 Å². The predicted octanol–water partition coefficient (Wildman–Crippen LogP) is 7.47. The summed E-state index contributed by atoms with van der Waals surface area (Å²) in [5, 5.41) is 7.93. The van der Waals surface area contributed by atoms with Gasteiger partial charge in [-0.3, -0.25) is 19.8 Å². The first-order valence-corrected chi connectivity index (χ1v) is 13.9. The summed E-state index contributed by atoms with van der Waals surface area (Å²) in [5.41, 5.74) is 2.33. The first kappa shape index (κ1) is 27.4. The third-order valence-electron chi connectivity index (χ3n) is 6.46. The molecule has 0 spiro atoms. The Hall–Kier alpha value is -4.76. The fourth-order valence-corrected chi connectivity index (χ4v) is 5.24. The summed E-state index contributed by atoms with van der Waals surface area (Å²) in [7, 11) is 0. The van der Waals surface area contributed by atoms with Crippen molar-refractivity contribution in [2.45, 2.75) is 0 Å². The molecule has 6 rings (SSSR count). The van der Waals surface area contributed by atoms with E-state index in [0.29, 0.717) is 44.7 Å². The average Bonchev–Trinajstić information content (AvgIpc) is 3.32. The molecule has 2 amide bonds. The SMILES string of the molecule is O=C1NC(=S)N(c2ccc(Oc3ccccc3)cc2)C(=O)/C1=C/c1c(-c2ccccc2Cl)nn(-c2ccccc2)c1Cl. The molecular formula is C32H20Cl2N4O3S. The van der Waals surface area contributed by atoms with Crippen LogP contribution in [0.25, 0.3) is 23.0 Å². The molecule has 7 nitrogen and oxygen atoms in total.